The van der Waals surface area contributed by atoms with E-state index in [1.807, 2.05) is 0 Å². The van der Waals surface area contributed by atoms with Gasteiger partial charge in [0.1, 0.15) is 11.3 Å². The number of aryl methyl sites for hydroxylation is 1. The first-order valence-electron chi connectivity index (χ1n) is 6.58. The van der Waals surface area contributed by atoms with E-state index < -0.39 is 28.8 Å². The number of pyridine rings is 1. The van der Waals surface area contributed by atoms with Gasteiger partial charge in [0.05, 0.1) is 5.52 Å². The number of alkyl halides is 3. The molecule has 10 heteroatoms. The van der Waals surface area contributed by atoms with Crippen molar-refractivity contribution in [1.29, 1.82) is 0 Å². The van der Waals surface area contributed by atoms with Gasteiger partial charge in [-0.15, -0.1) is 0 Å². The maximum absolute atomic E-state index is 12.7. The Labute approximate surface area is 185 Å². The molecular weight excluding hydrogens is 495 g/mol. The third-order valence-electron chi connectivity index (χ3n) is 3.73. The van der Waals surface area contributed by atoms with Crippen LogP contribution in [-0.4, -0.2) is 32.6 Å². The first-order valence-corrected chi connectivity index (χ1v) is 6.58. The van der Waals surface area contributed by atoms with Crippen LogP contribution in [0, 0.1) is 49.4 Å². The number of fused-ring (bicyclic) bond motifs is 3. The number of hydrogen-bond donors (Lipinski definition) is 1. The molecule has 0 saturated carbocycles. The second-order valence-corrected chi connectivity index (χ2v) is 5.10. The fraction of sp³-hybridized carbons (Fsp3) is 0.125. The fourth-order valence-electron chi connectivity index (χ4n) is 2.66. The molecule has 3 rings (SSSR count). The van der Waals surface area contributed by atoms with E-state index in [1.165, 1.54) is 13.1 Å². The van der Waals surface area contributed by atoms with Crippen LogP contribution in [0.2, 0.25) is 0 Å². The Kier molecular flexibility index (Phi) is 8.14. The molecule has 0 atom stereocenters. The van der Waals surface area contributed by atoms with Gasteiger partial charge in [0.25, 0.3) is 11.3 Å². The second kappa shape index (κ2) is 8.58. The summed E-state index contributed by atoms with van der Waals surface area (Å²) in [5, 5.41) is 11.5. The predicted octanol–water partition coefficient (Wildman–Crippen LogP) is 1.49. The summed E-state index contributed by atoms with van der Waals surface area (Å²) in [7, 11) is 1.27. The van der Waals surface area contributed by atoms with Gasteiger partial charge in [-0.3, -0.25) is 9.59 Å². The van der Waals surface area contributed by atoms with E-state index in [-0.39, 0.29) is 71.2 Å². The molecule has 0 aliphatic carbocycles. The molecule has 1 radical (unpaired) electrons. The molecule has 3 aromatic rings. The van der Waals surface area contributed by atoms with E-state index in [0.717, 1.165) is 9.95 Å². The van der Waals surface area contributed by atoms with Crippen molar-refractivity contribution in [3.63, 3.8) is 0 Å². The first kappa shape index (κ1) is 24.7. The molecule has 0 fully saturated rings. The average molecular weight is 509 g/mol. The number of benzene rings is 2. The maximum Gasteiger partial charge on any atom is 0.455 e. The summed E-state index contributed by atoms with van der Waals surface area (Å²) in [5.41, 5.74) is -2.18. The molecule has 0 saturated heterocycles. The standard InChI is InChI=1S/C16H10F3NO3.Eu.2H2O/c1-20-12-9-5-3-2-4-8(9)6-7-10(12)13(21)11(15(20)23)14(22)16(17,18)19;;;/h2-7,21H,1H3;;2*1H2. The van der Waals surface area contributed by atoms with Gasteiger partial charge in [0.15, 0.2) is 0 Å². The molecule has 0 aliphatic rings. The van der Waals surface area contributed by atoms with Crippen molar-refractivity contribution in [2.24, 2.45) is 7.05 Å². The van der Waals surface area contributed by atoms with Gasteiger partial charge in [-0.25, -0.2) is 0 Å². The molecule has 1 aromatic heterocycles. The van der Waals surface area contributed by atoms with Crippen molar-refractivity contribution in [2.45, 2.75) is 6.18 Å². The monoisotopic (exact) mass is 510 g/mol. The third-order valence-corrected chi connectivity index (χ3v) is 3.73. The Hall–Kier alpha value is -1.33. The Morgan fingerprint density at radius 3 is 2.19 bits per heavy atom. The largest absolute Gasteiger partial charge is 0.506 e. The van der Waals surface area contributed by atoms with Crippen LogP contribution in [0.15, 0.2) is 41.2 Å². The van der Waals surface area contributed by atoms with Gasteiger partial charge in [0.2, 0.25) is 0 Å². The Morgan fingerprint density at radius 2 is 1.62 bits per heavy atom. The minimum Gasteiger partial charge on any atom is -0.506 e. The Balaban J connectivity index is 0.00000208. The Bertz CT molecular complexity index is 1030. The predicted molar refractivity (Wildman–Crippen MR) is 86.0 cm³/mol. The molecule has 0 bridgehead atoms. The number of carbonyl (C=O) groups excluding carboxylic acids is 1. The van der Waals surface area contributed by atoms with Gasteiger partial charge >= 0.3 is 6.18 Å². The number of halogens is 3. The summed E-state index contributed by atoms with van der Waals surface area (Å²) in [6, 6.07) is 9.92. The van der Waals surface area contributed by atoms with Crippen LogP contribution in [0.1, 0.15) is 10.4 Å². The van der Waals surface area contributed by atoms with E-state index in [2.05, 4.69) is 0 Å². The number of nitrogens with zero attached hydrogens (tertiary/aromatic N) is 1. The third kappa shape index (κ3) is 3.84. The summed E-state index contributed by atoms with van der Waals surface area (Å²) in [4.78, 5) is 23.7. The zero-order valence-corrected chi connectivity index (χ0v) is 15.6. The molecular formula is C16H14EuF3NO5. The minimum absolute atomic E-state index is 0. The summed E-state index contributed by atoms with van der Waals surface area (Å²) in [6.45, 7) is 0. The van der Waals surface area contributed by atoms with Crippen molar-refractivity contribution >= 4 is 27.5 Å². The summed E-state index contributed by atoms with van der Waals surface area (Å²) in [6.07, 6.45) is -5.24. The van der Waals surface area contributed by atoms with Gasteiger partial charge in [-0.05, 0) is 11.5 Å². The summed E-state index contributed by atoms with van der Waals surface area (Å²) >= 11 is 0. The first-order chi connectivity index (χ1) is 10.7. The number of Topliss-reactive ketones (excluding diaryl/α,β-unsaturated/α-hetero) is 1. The van der Waals surface area contributed by atoms with Crippen molar-refractivity contribution in [1.82, 2.24) is 4.57 Å². The van der Waals surface area contributed by atoms with Crippen molar-refractivity contribution in [3.8, 4) is 5.75 Å². The van der Waals surface area contributed by atoms with Crippen LogP contribution in [0.3, 0.4) is 0 Å². The molecule has 1 heterocycles. The van der Waals surface area contributed by atoms with Crippen molar-refractivity contribution < 1.29 is 83.4 Å². The number of aromatic nitrogens is 1. The molecule has 0 aliphatic heterocycles. The number of rotatable bonds is 1. The molecule has 6 nitrogen and oxygen atoms in total. The average Bonchev–Trinajstić information content (AvgIpc) is 2.51. The van der Waals surface area contributed by atoms with Crippen LogP contribution < -0.4 is 5.56 Å². The number of hydrogen-bond acceptors (Lipinski definition) is 3. The number of aromatic hydroxyl groups is 1. The molecule has 0 amide bonds. The van der Waals surface area contributed by atoms with Gasteiger partial charge in [-0.1, -0.05) is 30.3 Å². The minimum atomic E-state index is -5.24. The van der Waals surface area contributed by atoms with Crippen LogP contribution in [-0.2, 0) is 7.05 Å². The molecule has 2 aromatic carbocycles. The SMILES string of the molecule is Cn1c(=O)c(C(=O)C(F)(F)F)c(O)c2ccc3ccccc3c21.O.O.[Eu]. The van der Waals surface area contributed by atoms with Gasteiger partial charge in [0, 0.05) is 67.2 Å². The van der Waals surface area contributed by atoms with Gasteiger partial charge in [-0.2, -0.15) is 13.2 Å². The van der Waals surface area contributed by atoms with Crippen LogP contribution in [0.4, 0.5) is 13.2 Å². The van der Waals surface area contributed by atoms with Gasteiger partial charge < -0.3 is 20.6 Å². The van der Waals surface area contributed by atoms with Crippen molar-refractivity contribution in [3.05, 3.63) is 52.3 Å². The summed E-state index contributed by atoms with van der Waals surface area (Å²) < 4.78 is 39.0. The van der Waals surface area contributed by atoms with E-state index in [1.54, 1.807) is 30.3 Å². The fourth-order valence-corrected chi connectivity index (χ4v) is 2.66. The molecule has 0 spiro atoms. The van der Waals surface area contributed by atoms with Crippen LogP contribution >= 0.6 is 0 Å². The number of ketones is 1. The van der Waals surface area contributed by atoms with E-state index in [0.29, 0.717) is 5.39 Å². The normalized spacial score (nSPS) is 10.6. The van der Waals surface area contributed by atoms with E-state index in [4.69, 9.17) is 0 Å². The Morgan fingerprint density at radius 1 is 1.04 bits per heavy atom. The van der Waals surface area contributed by atoms with E-state index >= 15 is 0 Å². The smallest absolute Gasteiger partial charge is 0.455 e. The second-order valence-electron chi connectivity index (χ2n) is 5.10. The van der Waals surface area contributed by atoms with Crippen LogP contribution in [0.25, 0.3) is 21.7 Å². The quantitative estimate of drug-likeness (QED) is 0.395. The molecule has 141 valence electrons. The molecule has 5 N–H and O–H groups in total. The maximum atomic E-state index is 12.7. The molecule has 26 heavy (non-hydrogen) atoms. The zero-order valence-electron chi connectivity index (χ0n) is 13.2. The van der Waals surface area contributed by atoms with Crippen LogP contribution in [0.5, 0.6) is 5.75 Å². The molecule has 0 unspecified atom stereocenters. The summed E-state index contributed by atoms with van der Waals surface area (Å²) in [5.74, 6) is -3.30. The van der Waals surface area contributed by atoms with Crippen molar-refractivity contribution in [2.75, 3.05) is 0 Å². The number of carbonyl (C=O) groups is 1. The van der Waals surface area contributed by atoms with E-state index in [9.17, 15) is 27.9 Å². The topological polar surface area (TPSA) is 122 Å². The zero-order chi connectivity index (χ0) is 16.9.